The summed E-state index contributed by atoms with van der Waals surface area (Å²) in [6.07, 6.45) is 7.12. The van der Waals surface area contributed by atoms with Crippen LogP contribution in [0.5, 0.6) is 0 Å². The molecule has 1 aromatic carbocycles. The van der Waals surface area contributed by atoms with E-state index in [1.165, 1.54) is 16.0 Å². The van der Waals surface area contributed by atoms with Gasteiger partial charge in [-0.15, -0.1) is 11.8 Å². The summed E-state index contributed by atoms with van der Waals surface area (Å²) in [5.74, 6) is 0.369. The third kappa shape index (κ3) is 5.26. The molecule has 0 radical (unpaired) electrons. The number of aliphatic hydroxyl groups is 1. The van der Waals surface area contributed by atoms with Crippen LogP contribution in [-0.4, -0.2) is 16.0 Å². The van der Waals surface area contributed by atoms with Crippen molar-refractivity contribution in [2.75, 3.05) is 0 Å². The van der Waals surface area contributed by atoms with E-state index >= 15 is 0 Å². The molecule has 1 nitrogen and oxygen atoms in total. The number of allylic oxidation sites excluding steroid dienone is 3. The van der Waals surface area contributed by atoms with Crippen molar-refractivity contribution in [3.05, 3.63) is 54.1 Å². The highest BCUT2D eigenvalue weighted by Crippen LogP contribution is 2.42. The Bertz CT molecular complexity index is 548. The van der Waals surface area contributed by atoms with E-state index in [9.17, 15) is 5.11 Å². The summed E-state index contributed by atoms with van der Waals surface area (Å²) in [6, 6.07) is 10.5. The largest absolute Gasteiger partial charge is 0.392 e. The van der Waals surface area contributed by atoms with Gasteiger partial charge in [0.2, 0.25) is 0 Å². The molecule has 1 N–H and O–H groups in total. The molecule has 3 atom stereocenters. The first-order chi connectivity index (χ1) is 10.9. The molecule has 0 aromatic heterocycles. The summed E-state index contributed by atoms with van der Waals surface area (Å²) in [5, 5.41) is 11.0. The monoisotopic (exact) mass is 330 g/mol. The van der Waals surface area contributed by atoms with Crippen LogP contribution in [0.4, 0.5) is 0 Å². The molecule has 0 aliphatic heterocycles. The molecule has 2 unspecified atom stereocenters. The summed E-state index contributed by atoms with van der Waals surface area (Å²) in [6.45, 7) is 10.7. The van der Waals surface area contributed by atoms with Gasteiger partial charge >= 0.3 is 0 Å². The van der Waals surface area contributed by atoms with Crippen LogP contribution in [0.1, 0.15) is 52.9 Å². The molecule has 1 aliphatic rings. The van der Waals surface area contributed by atoms with Crippen LogP contribution in [0, 0.1) is 5.92 Å². The van der Waals surface area contributed by atoms with Gasteiger partial charge in [0.25, 0.3) is 0 Å². The molecule has 23 heavy (non-hydrogen) atoms. The highest BCUT2D eigenvalue weighted by atomic mass is 32.2. The Balaban J connectivity index is 2.22. The van der Waals surface area contributed by atoms with Crippen LogP contribution in [0.15, 0.2) is 59.0 Å². The van der Waals surface area contributed by atoms with Crippen LogP contribution in [-0.2, 0) is 0 Å². The molecule has 0 saturated heterocycles. The second kappa shape index (κ2) is 8.21. The minimum absolute atomic E-state index is 0.146. The van der Waals surface area contributed by atoms with Gasteiger partial charge in [-0.1, -0.05) is 42.0 Å². The van der Waals surface area contributed by atoms with Gasteiger partial charge in [-0.2, -0.15) is 0 Å². The van der Waals surface area contributed by atoms with Crippen LogP contribution in [0.25, 0.3) is 0 Å². The average molecular weight is 331 g/mol. The Morgan fingerprint density at radius 3 is 2.65 bits per heavy atom. The summed E-state index contributed by atoms with van der Waals surface area (Å²) in [4.78, 5) is 1.24. The summed E-state index contributed by atoms with van der Waals surface area (Å²) in [7, 11) is 0. The lowest BCUT2D eigenvalue weighted by atomic mass is 9.83. The zero-order valence-corrected chi connectivity index (χ0v) is 15.5. The minimum Gasteiger partial charge on any atom is -0.392 e. The third-order valence-corrected chi connectivity index (χ3v) is 6.45. The average Bonchev–Trinajstić information content (AvgIpc) is 2.51. The van der Waals surface area contributed by atoms with Gasteiger partial charge in [0.15, 0.2) is 0 Å². The molecule has 0 spiro atoms. The molecule has 0 amide bonds. The fraction of sp³-hybridized carbons (Fsp3) is 0.524. The van der Waals surface area contributed by atoms with E-state index in [4.69, 9.17) is 0 Å². The van der Waals surface area contributed by atoms with Crippen LogP contribution < -0.4 is 0 Å². The number of benzene rings is 1. The number of thioether (sulfide) groups is 1. The first kappa shape index (κ1) is 18.4. The van der Waals surface area contributed by atoms with E-state index in [0.29, 0.717) is 5.92 Å². The van der Waals surface area contributed by atoms with E-state index in [1.807, 2.05) is 17.8 Å². The minimum atomic E-state index is -0.318. The molecule has 0 heterocycles. The summed E-state index contributed by atoms with van der Waals surface area (Å²) >= 11 is 1.83. The maximum absolute atomic E-state index is 11.0. The zero-order chi connectivity index (χ0) is 16.9. The van der Waals surface area contributed by atoms with Gasteiger partial charge in [0.05, 0.1) is 6.10 Å². The molecule has 2 rings (SSSR count). The van der Waals surface area contributed by atoms with Gasteiger partial charge in [-0.25, -0.2) is 0 Å². The fourth-order valence-corrected chi connectivity index (χ4v) is 4.53. The molecule has 126 valence electrons. The lowest BCUT2D eigenvalue weighted by molar-refractivity contribution is 0.106. The maximum atomic E-state index is 11.0. The van der Waals surface area contributed by atoms with E-state index in [0.717, 1.165) is 32.1 Å². The molecule has 0 fully saturated rings. The lowest BCUT2D eigenvalue weighted by Crippen LogP contribution is -2.38. The second-order valence-electron chi connectivity index (χ2n) is 7.16. The number of aliphatic hydroxyl groups excluding tert-OH is 1. The SMILES string of the molecule is C=C(C)[C@@H]1C/C=C(/C)CCCC(C)(Sc2ccccc2)C(O)C1. The van der Waals surface area contributed by atoms with Gasteiger partial charge in [0, 0.05) is 9.64 Å². The predicted octanol–water partition coefficient (Wildman–Crippen LogP) is 6.00. The van der Waals surface area contributed by atoms with Gasteiger partial charge in [-0.05, 0) is 70.9 Å². The number of rotatable bonds is 3. The van der Waals surface area contributed by atoms with Crippen LogP contribution >= 0.6 is 11.8 Å². The van der Waals surface area contributed by atoms with Crippen molar-refractivity contribution in [3.8, 4) is 0 Å². The van der Waals surface area contributed by atoms with Gasteiger partial charge < -0.3 is 5.11 Å². The molecule has 1 aliphatic carbocycles. The molecule has 0 saturated carbocycles. The van der Waals surface area contributed by atoms with E-state index in [2.05, 4.69) is 57.7 Å². The number of hydrogen-bond donors (Lipinski definition) is 1. The van der Waals surface area contributed by atoms with Crippen molar-refractivity contribution < 1.29 is 5.11 Å². The summed E-state index contributed by atoms with van der Waals surface area (Å²) in [5.41, 5.74) is 2.65. The van der Waals surface area contributed by atoms with E-state index < -0.39 is 0 Å². The van der Waals surface area contributed by atoms with Crippen molar-refractivity contribution in [1.82, 2.24) is 0 Å². The molecular weight excluding hydrogens is 300 g/mol. The smallest absolute Gasteiger partial charge is 0.0693 e. The van der Waals surface area contributed by atoms with Crippen molar-refractivity contribution >= 4 is 11.8 Å². The molecular formula is C21H30OS. The zero-order valence-electron chi connectivity index (χ0n) is 14.7. The summed E-state index contributed by atoms with van der Waals surface area (Å²) < 4.78 is -0.146. The Labute approximate surface area is 145 Å². The Kier molecular flexibility index (Phi) is 6.55. The Morgan fingerprint density at radius 1 is 1.30 bits per heavy atom. The Hall–Kier alpha value is -0.990. The van der Waals surface area contributed by atoms with Crippen LogP contribution in [0.2, 0.25) is 0 Å². The molecule has 1 aromatic rings. The molecule has 2 heteroatoms. The standard InChI is InChI=1S/C21H30OS/c1-16(2)18-13-12-17(3)9-8-14-21(4,20(22)15-18)23-19-10-6-5-7-11-19/h5-7,10-12,18,20,22H,1,8-9,13-15H2,2-4H3/b17-12-/t18-,20?,21?/m1/s1. The van der Waals surface area contributed by atoms with Gasteiger partial charge in [-0.3, -0.25) is 0 Å². The van der Waals surface area contributed by atoms with Gasteiger partial charge in [0.1, 0.15) is 0 Å². The number of hydrogen-bond acceptors (Lipinski definition) is 2. The highest BCUT2D eigenvalue weighted by Gasteiger charge is 2.35. The topological polar surface area (TPSA) is 20.2 Å². The van der Waals surface area contributed by atoms with Crippen molar-refractivity contribution in [2.45, 2.75) is 68.6 Å². The highest BCUT2D eigenvalue weighted by molar-refractivity contribution is 8.00. The normalized spacial score (nSPS) is 31.9. The molecule has 0 bridgehead atoms. The first-order valence-corrected chi connectivity index (χ1v) is 9.45. The van der Waals surface area contributed by atoms with Crippen LogP contribution in [0.3, 0.4) is 0 Å². The lowest BCUT2D eigenvalue weighted by Gasteiger charge is -2.37. The fourth-order valence-electron chi connectivity index (χ4n) is 3.22. The van der Waals surface area contributed by atoms with E-state index in [1.54, 1.807) is 0 Å². The third-order valence-electron chi connectivity index (χ3n) is 5.00. The second-order valence-corrected chi connectivity index (χ2v) is 8.77. The quantitative estimate of drug-likeness (QED) is 0.686. The van der Waals surface area contributed by atoms with Crippen molar-refractivity contribution in [1.29, 1.82) is 0 Å². The van der Waals surface area contributed by atoms with Crippen molar-refractivity contribution in [2.24, 2.45) is 5.92 Å². The first-order valence-electron chi connectivity index (χ1n) is 8.64. The Morgan fingerprint density at radius 2 is 2.00 bits per heavy atom. The predicted molar refractivity (Wildman–Crippen MR) is 102 cm³/mol. The maximum Gasteiger partial charge on any atom is 0.0693 e. The van der Waals surface area contributed by atoms with Crippen molar-refractivity contribution in [3.63, 3.8) is 0 Å². The van der Waals surface area contributed by atoms with E-state index in [-0.39, 0.29) is 10.9 Å².